The molecule has 1 amide bonds. The molecule has 0 aromatic heterocycles. The van der Waals surface area contributed by atoms with Crippen molar-refractivity contribution in [3.8, 4) is 0 Å². The molecule has 1 heterocycles. The first-order valence-electron chi connectivity index (χ1n) is 7.42. The minimum absolute atomic E-state index is 0.0657. The summed E-state index contributed by atoms with van der Waals surface area (Å²) in [6.45, 7) is 8.46. The van der Waals surface area contributed by atoms with E-state index in [0.717, 1.165) is 0 Å². The van der Waals surface area contributed by atoms with Crippen molar-refractivity contribution in [1.82, 2.24) is 10.6 Å². The monoisotopic (exact) mass is 266 g/mol. The van der Waals surface area contributed by atoms with E-state index in [9.17, 15) is 4.79 Å². The highest BCUT2D eigenvalue weighted by Gasteiger charge is 2.42. The van der Waals surface area contributed by atoms with Crippen LogP contribution >= 0.6 is 0 Å². The maximum atomic E-state index is 11.6. The van der Waals surface area contributed by atoms with E-state index in [1.165, 1.54) is 31.8 Å². The van der Waals surface area contributed by atoms with Gasteiger partial charge in [0.05, 0.1) is 24.8 Å². The van der Waals surface area contributed by atoms with E-state index in [0.29, 0.717) is 18.6 Å². The third kappa shape index (κ3) is 3.57. The second kappa shape index (κ2) is 6.53. The Kier molecular flexibility index (Phi) is 4.99. The molecule has 2 rings (SSSR count). The average Bonchev–Trinajstić information content (AvgIpc) is 2.99. The lowest BCUT2D eigenvalue weighted by atomic mass is 9.92. The Labute approximate surface area is 116 Å². The first-order valence-corrected chi connectivity index (χ1v) is 7.42. The number of hydrogen-bond acceptors (Lipinski definition) is 3. The molecule has 0 radical (unpaired) electrons. The molecule has 0 bridgehead atoms. The summed E-state index contributed by atoms with van der Waals surface area (Å²) in [4.78, 5) is 11.6. The second-order valence-corrected chi connectivity index (χ2v) is 6.01. The maximum absolute atomic E-state index is 11.6. The van der Waals surface area contributed by atoms with Crippen LogP contribution in [0, 0.1) is 5.92 Å². The number of hydrogen-bond donors (Lipinski definition) is 2. The lowest BCUT2D eigenvalue weighted by Crippen LogP contribution is -2.54. The standard InChI is InChI=1S/C15H26N2O2/c1-4-13(18)17-14-12(16-10(2)3)9-19-15(14)11-7-5-6-8-11/h4,10-12,14-16H,1,5-9H2,2-3H3,(H,17,18)/t12-,14-,15?/m1/s1. The highest BCUT2D eigenvalue weighted by atomic mass is 16.5. The zero-order valence-corrected chi connectivity index (χ0v) is 12.0. The predicted molar refractivity (Wildman–Crippen MR) is 75.9 cm³/mol. The first-order chi connectivity index (χ1) is 9.11. The zero-order valence-electron chi connectivity index (χ0n) is 12.0. The largest absolute Gasteiger partial charge is 0.374 e. The summed E-state index contributed by atoms with van der Waals surface area (Å²) in [6.07, 6.45) is 6.52. The van der Waals surface area contributed by atoms with Gasteiger partial charge in [0, 0.05) is 6.04 Å². The molecule has 1 unspecified atom stereocenters. The van der Waals surface area contributed by atoms with Crippen LogP contribution in [0.15, 0.2) is 12.7 Å². The maximum Gasteiger partial charge on any atom is 0.243 e. The van der Waals surface area contributed by atoms with Gasteiger partial charge in [-0.05, 0) is 24.8 Å². The van der Waals surface area contributed by atoms with Crippen LogP contribution in [-0.4, -0.2) is 36.7 Å². The van der Waals surface area contributed by atoms with E-state index in [1.807, 2.05) is 0 Å². The van der Waals surface area contributed by atoms with Gasteiger partial charge in [-0.3, -0.25) is 4.79 Å². The molecular weight excluding hydrogens is 240 g/mol. The lowest BCUT2D eigenvalue weighted by Gasteiger charge is -2.28. The van der Waals surface area contributed by atoms with Crippen LogP contribution < -0.4 is 10.6 Å². The molecule has 0 aromatic rings. The number of rotatable bonds is 5. The first kappa shape index (κ1) is 14.5. The van der Waals surface area contributed by atoms with Gasteiger partial charge in [-0.2, -0.15) is 0 Å². The van der Waals surface area contributed by atoms with E-state index < -0.39 is 0 Å². The third-order valence-electron chi connectivity index (χ3n) is 4.16. The van der Waals surface area contributed by atoms with Gasteiger partial charge in [0.2, 0.25) is 5.91 Å². The van der Waals surface area contributed by atoms with Gasteiger partial charge in [-0.1, -0.05) is 33.3 Å². The molecule has 1 aliphatic heterocycles. The molecule has 4 heteroatoms. The zero-order chi connectivity index (χ0) is 13.8. The van der Waals surface area contributed by atoms with E-state index in [-0.39, 0.29) is 24.1 Å². The lowest BCUT2D eigenvalue weighted by molar-refractivity contribution is -0.117. The van der Waals surface area contributed by atoms with Crippen molar-refractivity contribution in [2.24, 2.45) is 5.92 Å². The summed E-state index contributed by atoms with van der Waals surface area (Å²) in [5, 5.41) is 6.57. The normalized spacial score (nSPS) is 31.8. The Morgan fingerprint density at radius 3 is 2.63 bits per heavy atom. The van der Waals surface area contributed by atoms with Gasteiger partial charge in [0.15, 0.2) is 0 Å². The topological polar surface area (TPSA) is 50.4 Å². The highest BCUT2D eigenvalue weighted by Crippen LogP contribution is 2.34. The van der Waals surface area contributed by atoms with Crippen LogP contribution in [0.3, 0.4) is 0 Å². The molecular formula is C15H26N2O2. The van der Waals surface area contributed by atoms with Crippen molar-refractivity contribution in [3.05, 3.63) is 12.7 Å². The fraction of sp³-hybridized carbons (Fsp3) is 0.800. The van der Waals surface area contributed by atoms with Crippen molar-refractivity contribution >= 4 is 5.91 Å². The average molecular weight is 266 g/mol. The van der Waals surface area contributed by atoms with Gasteiger partial charge < -0.3 is 15.4 Å². The summed E-state index contributed by atoms with van der Waals surface area (Å²) < 4.78 is 6.00. The minimum atomic E-state index is -0.103. The van der Waals surface area contributed by atoms with Crippen LogP contribution in [0.1, 0.15) is 39.5 Å². The van der Waals surface area contributed by atoms with Crippen LogP contribution in [0.2, 0.25) is 0 Å². The summed E-state index contributed by atoms with van der Waals surface area (Å²) in [5.74, 6) is 0.489. The van der Waals surface area contributed by atoms with Crippen molar-refractivity contribution in [2.75, 3.05) is 6.61 Å². The van der Waals surface area contributed by atoms with Crippen LogP contribution in [0.5, 0.6) is 0 Å². The van der Waals surface area contributed by atoms with Crippen molar-refractivity contribution in [2.45, 2.75) is 63.8 Å². The SMILES string of the molecule is C=CC(=O)N[C@H]1C(C2CCCC2)OC[C@H]1NC(C)C. The molecule has 108 valence electrons. The van der Waals surface area contributed by atoms with Crippen LogP contribution in [0.4, 0.5) is 0 Å². The number of nitrogens with one attached hydrogen (secondary N) is 2. The Morgan fingerprint density at radius 2 is 2.05 bits per heavy atom. The Bertz CT molecular complexity index is 324. The fourth-order valence-electron chi connectivity index (χ4n) is 3.35. The van der Waals surface area contributed by atoms with Crippen molar-refractivity contribution in [1.29, 1.82) is 0 Å². The second-order valence-electron chi connectivity index (χ2n) is 6.01. The molecule has 2 fully saturated rings. The molecule has 1 saturated heterocycles. The number of carbonyl (C=O) groups is 1. The summed E-state index contributed by atoms with van der Waals surface area (Å²) in [6, 6.07) is 0.657. The third-order valence-corrected chi connectivity index (χ3v) is 4.16. The Balaban J connectivity index is 2.04. The number of carbonyl (C=O) groups excluding carboxylic acids is 1. The number of ether oxygens (including phenoxy) is 1. The number of amides is 1. The predicted octanol–water partition coefficient (Wildman–Crippen LogP) is 1.61. The molecule has 3 atom stereocenters. The molecule has 2 N–H and O–H groups in total. The van der Waals surface area contributed by atoms with E-state index in [2.05, 4.69) is 31.1 Å². The van der Waals surface area contributed by atoms with E-state index >= 15 is 0 Å². The van der Waals surface area contributed by atoms with Crippen molar-refractivity contribution in [3.63, 3.8) is 0 Å². The summed E-state index contributed by atoms with van der Waals surface area (Å²) >= 11 is 0. The van der Waals surface area contributed by atoms with E-state index in [4.69, 9.17) is 4.74 Å². The molecule has 0 aromatic carbocycles. The smallest absolute Gasteiger partial charge is 0.243 e. The molecule has 1 aliphatic carbocycles. The summed E-state index contributed by atoms with van der Waals surface area (Å²) in [7, 11) is 0. The van der Waals surface area contributed by atoms with Gasteiger partial charge >= 0.3 is 0 Å². The molecule has 0 spiro atoms. The quantitative estimate of drug-likeness (QED) is 0.743. The van der Waals surface area contributed by atoms with Gasteiger partial charge in [-0.15, -0.1) is 0 Å². The van der Waals surface area contributed by atoms with Crippen molar-refractivity contribution < 1.29 is 9.53 Å². The van der Waals surface area contributed by atoms with Crippen LogP contribution in [0.25, 0.3) is 0 Å². The van der Waals surface area contributed by atoms with Gasteiger partial charge in [0.25, 0.3) is 0 Å². The van der Waals surface area contributed by atoms with Crippen LogP contribution in [-0.2, 0) is 9.53 Å². The van der Waals surface area contributed by atoms with Gasteiger partial charge in [-0.25, -0.2) is 0 Å². The Morgan fingerprint density at radius 1 is 1.37 bits per heavy atom. The minimum Gasteiger partial charge on any atom is -0.374 e. The fourth-order valence-corrected chi connectivity index (χ4v) is 3.35. The molecule has 2 aliphatic rings. The molecule has 1 saturated carbocycles. The van der Waals surface area contributed by atoms with Gasteiger partial charge in [0.1, 0.15) is 0 Å². The molecule has 19 heavy (non-hydrogen) atoms. The summed E-state index contributed by atoms with van der Waals surface area (Å²) in [5.41, 5.74) is 0. The highest BCUT2D eigenvalue weighted by molar-refractivity contribution is 5.87. The van der Waals surface area contributed by atoms with E-state index in [1.54, 1.807) is 0 Å². The Hall–Kier alpha value is -0.870. The molecule has 4 nitrogen and oxygen atoms in total.